The molecule has 4 heteroatoms. The van der Waals surface area contributed by atoms with E-state index >= 15 is 0 Å². The quantitative estimate of drug-likeness (QED) is 0.844. The van der Waals surface area contributed by atoms with Gasteiger partial charge in [0.2, 0.25) is 0 Å². The lowest BCUT2D eigenvalue weighted by Crippen LogP contribution is -2.26. The maximum Gasteiger partial charge on any atom is 0.309 e. The van der Waals surface area contributed by atoms with Gasteiger partial charge in [-0.25, -0.2) is 0 Å². The van der Waals surface area contributed by atoms with Crippen LogP contribution in [0, 0.1) is 5.92 Å². The number of nitrogens with one attached hydrogen (secondary N) is 1. The fraction of sp³-hybridized carbons (Fsp3) is 0.417. The molecule has 1 atom stereocenters. The number of ether oxygens (including phenoxy) is 1. The van der Waals surface area contributed by atoms with Crippen molar-refractivity contribution in [3.8, 4) is 0 Å². The summed E-state index contributed by atoms with van der Waals surface area (Å²) < 4.78 is 5.71. The first-order valence-electron chi connectivity index (χ1n) is 5.16. The molecule has 3 nitrogen and oxygen atoms in total. The zero-order chi connectivity index (χ0) is 12.0. The van der Waals surface area contributed by atoms with Crippen molar-refractivity contribution in [2.45, 2.75) is 13.5 Å². The van der Waals surface area contributed by atoms with Crippen LogP contribution >= 0.6 is 15.9 Å². The molecule has 0 spiro atoms. The van der Waals surface area contributed by atoms with Gasteiger partial charge in [0.25, 0.3) is 0 Å². The van der Waals surface area contributed by atoms with E-state index in [2.05, 4.69) is 32.0 Å². The van der Waals surface area contributed by atoms with Gasteiger partial charge in [0.1, 0.15) is 0 Å². The molecule has 1 aromatic rings. The lowest BCUT2D eigenvalue weighted by Gasteiger charge is -2.10. The summed E-state index contributed by atoms with van der Waals surface area (Å²) >= 11 is 3.42. The van der Waals surface area contributed by atoms with Crippen LogP contribution in [-0.4, -0.2) is 19.6 Å². The number of halogens is 1. The van der Waals surface area contributed by atoms with Crippen molar-refractivity contribution in [2.75, 3.05) is 13.7 Å². The maximum atomic E-state index is 11.1. The van der Waals surface area contributed by atoms with Crippen molar-refractivity contribution < 1.29 is 9.53 Å². The first-order valence-corrected chi connectivity index (χ1v) is 5.95. The van der Waals surface area contributed by atoms with Gasteiger partial charge in [0.05, 0.1) is 13.0 Å². The topological polar surface area (TPSA) is 38.3 Å². The average Bonchev–Trinajstić information content (AvgIpc) is 2.28. The third-order valence-corrected chi connectivity index (χ3v) is 2.77. The summed E-state index contributed by atoms with van der Waals surface area (Å²) in [5.74, 6) is -0.293. The van der Waals surface area contributed by atoms with Gasteiger partial charge in [-0.1, -0.05) is 35.0 Å². The van der Waals surface area contributed by atoms with Crippen LogP contribution in [0.5, 0.6) is 0 Å². The molecular formula is C12H16BrNO2. The summed E-state index contributed by atoms with van der Waals surface area (Å²) in [6.07, 6.45) is 0. The molecule has 0 bridgehead atoms. The van der Waals surface area contributed by atoms with Crippen molar-refractivity contribution in [3.63, 3.8) is 0 Å². The van der Waals surface area contributed by atoms with Crippen molar-refractivity contribution in [1.82, 2.24) is 5.32 Å². The molecule has 0 fully saturated rings. The van der Waals surface area contributed by atoms with Gasteiger partial charge < -0.3 is 10.1 Å². The first kappa shape index (κ1) is 13.2. The molecule has 0 amide bonds. The summed E-state index contributed by atoms with van der Waals surface area (Å²) in [5, 5.41) is 3.22. The highest BCUT2D eigenvalue weighted by atomic mass is 79.9. The molecule has 0 saturated carbocycles. The van der Waals surface area contributed by atoms with Gasteiger partial charge in [-0.15, -0.1) is 0 Å². The van der Waals surface area contributed by atoms with Gasteiger partial charge in [0.15, 0.2) is 0 Å². The van der Waals surface area contributed by atoms with E-state index < -0.39 is 0 Å². The van der Waals surface area contributed by atoms with E-state index in [0.29, 0.717) is 6.54 Å². The van der Waals surface area contributed by atoms with E-state index in [-0.39, 0.29) is 11.9 Å². The number of esters is 1. The van der Waals surface area contributed by atoms with E-state index in [0.717, 1.165) is 11.0 Å². The van der Waals surface area contributed by atoms with Crippen molar-refractivity contribution in [1.29, 1.82) is 0 Å². The van der Waals surface area contributed by atoms with Crippen LogP contribution in [0.4, 0.5) is 0 Å². The Balaban J connectivity index is 2.33. The Morgan fingerprint density at radius 3 is 2.94 bits per heavy atom. The van der Waals surface area contributed by atoms with Gasteiger partial charge >= 0.3 is 5.97 Å². The number of carbonyl (C=O) groups is 1. The first-order chi connectivity index (χ1) is 7.63. The number of hydrogen-bond donors (Lipinski definition) is 1. The molecule has 0 aliphatic heterocycles. The smallest absolute Gasteiger partial charge is 0.309 e. The molecule has 88 valence electrons. The van der Waals surface area contributed by atoms with E-state index in [1.807, 2.05) is 25.1 Å². The van der Waals surface area contributed by atoms with Crippen LogP contribution in [-0.2, 0) is 16.1 Å². The Bertz CT molecular complexity index is 355. The third-order valence-electron chi connectivity index (χ3n) is 2.27. The molecule has 0 radical (unpaired) electrons. The fourth-order valence-corrected chi connectivity index (χ4v) is 1.81. The van der Waals surface area contributed by atoms with Gasteiger partial charge in [-0.3, -0.25) is 4.79 Å². The number of hydrogen-bond acceptors (Lipinski definition) is 3. The molecule has 1 rings (SSSR count). The summed E-state index contributed by atoms with van der Waals surface area (Å²) in [4.78, 5) is 11.1. The van der Waals surface area contributed by atoms with Crippen LogP contribution in [0.25, 0.3) is 0 Å². The SMILES string of the molecule is COC(=O)C(C)CNCc1cccc(Br)c1. The highest BCUT2D eigenvalue weighted by molar-refractivity contribution is 9.10. The molecule has 0 heterocycles. The van der Waals surface area contributed by atoms with Crippen LogP contribution in [0.2, 0.25) is 0 Å². The zero-order valence-corrected chi connectivity index (χ0v) is 11.1. The van der Waals surface area contributed by atoms with E-state index in [4.69, 9.17) is 0 Å². The largest absolute Gasteiger partial charge is 0.469 e. The second-order valence-electron chi connectivity index (χ2n) is 3.69. The molecule has 0 aliphatic carbocycles. The minimum absolute atomic E-state index is 0.114. The molecule has 0 aromatic heterocycles. The van der Waals surface area contributed by atoms with E-state index in [9.17, 15) is 4.79 Å². The molecule has 16 heavy (non-hydrogen) atoms. The van der Waals surface area contributed by atoms with Gasteiger partial charge in [0, 0.05) is 17.6 Å². The Morgan fingerprint density at radius 2 is 2.31 bits per heavy atom. The molecule has 1 N–H and O–H groups in total. The van der Waals surface area contributed by atoms with Gasteiger partial charge in [-0.05, 0) is 17.7 Å². The second-order valence-corrected chi connectivity index (χ2v) is 4.60. The monoisotopic (exact) mass is 285 g/mol. The van der Waals surface area contributed by atoms with Crippen LogP contribution < -0.4 is 5.32 Å². The van der Waals surface area contributed by atoms with Gasteiger partial charge in [-0.2, -0.15) is 0 Å². The average molecular weight is 286 g/mol. The zero-order valence-electron chi connectivity index (χ0n) is 9.50. The standard InChI is InChI=1S/C12H16BrNO2/c1-9(12(15)16-2)7-14-8-10-4-3-5-11(13)6-10/h3-6,9,14H,7-8H2,1-2H3. The summed E-state index contributed by atoms with van der Waals surface area (Å²) in [7, 11) is 1.41. The third kappa shape index (κ3) is 4.33. The fourth-order valence-electron chi connectivity index (χ4n) is 1.36. The highest BCUT2D eigenvalue weighted by Gasteiger charge is 2.11. The second kappa shape index (κ2) is 6.66. The minimum Gasteiger partial charge on any atom is -0.469 e. The van der Waals surface area contributed by atoms with E-state index in [1.54, 1.807) is 0 Å². The molecule has 0 aliphatic rings. The maximum absolute atomic E-state index is 11.1. The lowest BCUT2D eigenvalue weighted by atomic mass is 10.1. The van der Waals surface area contributed by atoms with Crippen molar-refractivity contribution in [3.05, 3.63) is 34.3 Å². The predicted octanol–water partition coefficient (Wildman–Crippen LogP) is 2.35. The van der Waals surface area contributed by atoms with Crippen LogP contribution in [0.1, 0.15) is 12.5 Å². The van der Waals surface area contributed by atoms with Crippen molar-refractivity contribution in [2.24, 2.45) is 5.92 Å². The minimum atomic E-state index is -0.179. The number of methoxy groups -OCH3 is 1. The summed E-state index contributed by atoms with van der Waals surface area (Å²) in [6.45, 7) is 3.22. The van der Waals surface area contributed by atoms with Crippen LogP contribution in [0.15, 0.2) is 28.7 Å². The Morgan fingerprint density at radius 1 is 1.56 bits per heavy atom. The van der Waals surface area contributed by atoms with Crippen molar-refractivity contribution >= 4 is 21.9 Å². The molecule has 1 aromatic carbocycles. The Labute approximate surface area is 104 Å². The number of carbonyl (C=O) groups excluding carboxylic acids is 1. The molecule has 0 saturated heterocycles. The predicted molar refractivity (Wildman–Crippen MR) is 67.0 cm³/mol. The summed E-state index contributed by atoms with van der Waals surface area (Å²) in [6, 6.07) is 8.07. The molecular weight excluding hydrogens is 270 g/mol. The van der Waals surface area contributed by atoms with Crippen LogP contribution in [0.3, 0.4) is 0 Å². The number of benzene rings is 1. The number of rotatable bonds is 5. The highest BCUT2D eigenvalue weighted by Crippen LogP contribution is 2.11. The molecule has 1 unspecified atom stereocenters. The lowest BCUT2D eigenvalue weighted by molar-refractivity contribution is -0.144. The van der Waals surface area contributed by atoms with E-state index in [1.165, 1.54) is 12.7 Å². The Hall–Kier alpha value is -0.870. The normalized spacial score (nSPS) is 12.2. The Kier molecular flexibility index (Phi) is 5.49. The summed E-state index contributed by atoms with van der Waals surface area (Å²) in [5.41, 5.74) is 1.19.